The number of likely N-dealkylation sites (tertiary alicyclic amines) is 2. The lowest BCUT2D eigenvalue weighted by molar-refractivity contribution is -0.129. The zero-order chi connectivity index (χ0) is 14.2. The molecule has 0 radical (unpaired) electrons. The molecule has 1 N–H and O–H groups in total. The zero-order valence-electron chi connectivity index (χ0n) is 12.8. The summed E-state index contributed by atoms with van der Waals surface area (Å²) in [7, 11) is 1.68. The fourth-order valence-corrected chi connectivity index (χ4v) is 3.20. The first-order valence-corrected chi connectivity index (χ1v) is 7.99. The molecule has 5 heteroatoms. The molecule has 0 aromatic carbocycles. The second-order valence-corrected chi connectivity index (χ2v) is 6.03. The Labute approximate surface area is 122 Å². The number of amides is 1. The number of methoxy groups -OCH3 is 1. The second-order valence-electron chi connectivity index (χ2n) is 6.03. The minimum Gasteiger partial charge on any atom is -0.383 e. The van der Waals surface area contributed by atoms with Crippen LogP contribution in [0, 0.1) is 5.92 Å². The van der Waals surface area contributed by atoms with Crippen LogP contribution in [0.1, 0.15) is 25.7 Å². The predicted octanol–water partition coefficient (Wildman–Crippen LogP) is 0.557. The van der Waals surface area contributed by atoms with Gasteiger partial charge in [0.15, 0.2) is 0 Å². The Kier molecular flexibility index (Phi) is 6.76. The third-order valence-electron chi connectivity index (χ3n) is 4.36. The van der Waals surface area contributed by atoms with Crippen molar-refractivity contribution in [2.75, 3.05) is 59.5 Å². The lowest BCUT2D eigenvalue weighted by Gasteiger charge is -2.29. The number of nitrogens with zero attached hydrogens (tertiary/aromatic N) is 2. The average Bonchev–Trinajstić information content (AvgIpc) is 2.93. The Balaban J connectivity index is 1.62. The highest BCUT2D eigenvalue weighted by molar-refractivity contribution is 5.78. The quantitative estimate of drug-likeness (QED) is 0.693. The van der Waals surface area contributed by atoms with Gasteiger partial charge in [0.05, 0.1) is 13.2 Å². The molecule has 0 saturated carbocycles. The van der Waals surface area contributed by atoms with E-state index in [9.17, 15) is 4.79 Å². The van der Waals surface area contributed by atoms with E-state index in [1.807, 2.05) is 4.90 Å². The summed E-state index contributed by atoms with van der Waals surface area (Å²) in [5.41, 5.74) is 0. The van der Waals surface area contributed by atoms with Gasteiger partial charge in [0.1, 0.15) is 0 Å². The number of piperidine rings is 1. The Bertz CT molecular complexity index is 293. The lowest BCUT2D eigenvalue weighted by Crippen LogP contribution is -2.39. The Morgan fingerprint density at radius 1 is 1.25 bits per heavy atom. The summed E-state index contributed by atoms with van der Waals surface area (Å²) < 4.78 is 4.96. The molecule has 20 heavy (non-hydrogen) atoms. The zero-order valence-corrected chi connectivity index (χ0v) is 12.8. The minimum atomic E-state index is 0.238. The standard InChI is InChI=1S/C15H29N3O2/c1-20-10-6-16-11-15(19)18-9-5-14(13-18)12-17-7-3-2-4-8-17/h14,16H,2-13H2,1H3. The molecule has 0 aliphatic carbocycles. The number of ether oxygens (including phenoxy) is 1. The molecule has 1 amide bonds. The summed E-state index contributed by atoms with van der Waals surface area (Å²) in [6.07, 6.45) is 5.25. The van der Waals surface area contributed by atoms with Gasteiger partial charge in [-0.25, -0.2) is 0 Å². The molecule has 2 fully saturated rings. The van der Waals surface area contributed by atoms with Gasteiger partial charge in [0, 0.05) is 33.3 Å². The molecular formula is C15H29N3O2. The van der Waals surface area contributed by atoms with E-state index in [1.165, 1.54) is 45.3 Å². The van der Waals surface area contributed by atoms with Crippen LogP contribution >= 0.6 is 0 Å². The maximum absolute atomic E-state index is 12.1. The smallest absolute Gasteiger partial charge is 0.236 e. The Hall–Kier alpha value is -0.650. The first-order chi connectivity index (χ1) is 9.79. The molecule has 0 spiro atoms. The van der Waals surface area contributed by atoms with E-state index in [1.54, 1.807) is 7.11 Å². The third kappa shape index (κ3) is 5.04. The molecule has 2 rings (SSSR count). The molecule has 0 bridgehead atoms. The summed E-state index contributed by atoms with van der Waals surface area (Å²) in [5, 5.41) is 3.13. The van der Waals surface area contributed by atoms with Crippen molar-refractivity contribution < 1.29 is 9.53 Å². The Morgan fingerprint density at radius 2 is 2.05 bits per heavy atom. The van der Waals surface area contributed by atoms with Crippen molar-refractivity contribution >= 4 is 5.91 Å². The van der Waals surface area contributed by atoms with Gasteiger partial charge in [-0.15, -0.1) is 0 Å². The highest BCUT2D eigenvalue weighted by Crippen LogP contribution is 2.19. The van der Waals surface area contributed by atoms with Crippen LogP contribution in [0.5, 0.6) is 0 Å². The average molecular weight is 283 g/mol. The van der Waals surface area contributed by atoms with Crippen molar-refractivity contribution in [3.8, 4) is 0 Å². The normalized spacial score (nSPS) is 24.2. The van der Waals surface area contributed by atoms with E-state index in [-0.39, 0.29) is 5.91 Å². The van der Waals surface area contributed by atoms with Crippen LogP contribution in [0.25, 0.3) is 0 Å². The summed E-state index contributed by atoms with van der Waals surface area (Å²) in [6, 6.07) is 0. The SMILES string of the molecule is COCCNCC(=O)N1CCC(CN2CCCCC2)C1. The van der Waals surface area contributed by atoms with Gasteiger partial charge in [-0.3, -0.25) is 4.79 Å². The van der Waals surface area contributed by atoms with Crippen molar-refractivity contribution in [2.45, 2.75) is 25.7 Å². The van der Waals surface area contributed by atoms with Crippen LogP contribution in [0.3, 0.4) is 0 Å². The van der Waals surface area contributed by atoms with Crippen molar-refractivity contribution in [1.29, 1.82) is 0 Å². The number of carbonyl (C=O) groups excluding carboxylic acids is 1. The fraction of sp³-hybridized carbons (Fsp3) is 0.933. The maximum atomic E-state index is 12.1. The monoisotopic (exact) mass is 283 g/mol. The molecule has 2 saturated heterocycles. The number of rotatable bonds is 7. The van der Waals surface area contributed by atoms with Crippen LogP contribution in [-0.2, 0) is 9.53 Å². The van der Waals surface area contributed by atoms with Gasteiger partial charge in [0.2, 0.25) is 5.91 Å². The molecule has 1 unspecified atom stereocenters. The van der Waals surface area contributed by atoms with Gasteiger partial charge in [-0.1, -0.05) is 6.42 Å². The molecule has 1 atom stereocenters. The molecule has 2 aliphatic rings. The first-order valence-electron chi connectivity index (χ1n) is 7.99. The van der Waals surface area contributed by atoms with Crippen LogP contribution in [0.2, 0.25) is 0 Å². The van der Waals surface area contributed by atoms with Gasteiger partial charge in [-0.05, 0) is 38.3 Å². The molecule has 0 aromatic rings. The summed E-state index contributed by atoms with van der Waals surface area (Å²) in [6.45, 7) is 7.41. The molecule has 2 heterocycles. The largest absolute Gasteiger partial charge is 0.383 e. The molecule has 2 aliphatic heterocycles. The highest BCUT2D eigenvalue weighted by Gasteiger charge is 2.27. The summed E-state index contributed by atoms with van der Waals surface area (Å²) in [4.78, 5) is 16.7. The van der Waals surface area contributed by atoms with Gasteiger partial charge in [0.25, 0.3) is 0 Å². The van der Waals surface area contributed by atoms with Crippen molar-refractivity contribution in [1.82, 2.24) is 15.1 Å². The first kappa shape index (κ1) is 15.7. The van der Waals surface area contributed by atoms with E-state index in [4.69, 9.17) is 4.74 Å². The molecule has 0 aromatic heterocycles. The topological polar surface area (TPSA) is 44.8 Å². The second kappa shape index (κ2) is 8.60. The van der Waals surface area contributed by atoms with Crippen molar-refractivity contribution in [3.63, 3.8) is 0 Å². The van der Waals surface area contributed by atoms with Crippen LogP contribution in [0.4, 0.5) is 0 Å². The van der Waals surface area contributed by atoms with Gasteiger partial charge < -0.3 is 19.9 Å². The van der Waals surface area contributed by atoms with Crippen molar-refractivity contribution in [3.05, 3.63) is 0 Å². The Morgan fingerprint density at radius 3 is 2.80 bits per heavy atom. The molecular weight excluding hydrogens is 254 g/mol. The van der Waals surface area contributed by atoms with Gasteiger partial charge >= 0.3 is 0 Å². The lowest BCUT2D eigenvalue weighted by atomic mass is 10.1. The molecule has 5 nitrogen and oxygen atoms in total. The van der Waals surface area contributed by atoms with E-state index in [0.29, 0.717) is 19.1 Å². The predicted molar refractivity (Wildman–Crippen MR) is 79.7 cm³/mol. The maximum Gasteiger partial charge on any atom is 0.236 e. The van der Waals surface area contributed by atoms with E-state index >= 15 is 0 Å². The van der Waals surface area contributed by atoms with E-state index < -0.39 is 0 Å². The van der Waals surface area contributed by atoms with Crippen molar-refractivity contribution in [2.24, 2.45) is 5.92 Å². The summed E-state index contributed by atoms with van der Waals surface area (Å²) >= 11 is 0. The summed E-state index contributed by atoms with van der Waals surface area (Å²) in [5.74, 6) is 0.915. The molecule has 116 valence electrons. The van der Waals surface area contributed by atoms with Crippen LogP contribution in [-0.4, -0.2) is 75.2 Å². The number of nitrogens with one attached hydrogen (secondary N) is 1. The minimum absolute atomic E-state index is 0.238. The van der Waals surface area contributed by atoms with E-state index in [2.05, 4.69) is 10.2 Å². The fourth-order valence-electron chi connectivity index (χ4n) is 3.20. The highest BCUT2D eigenvalue weighted by atomic mass is 16.5. The number of carbonyl (C=O) groups is 1. The van der Waals surface area contributed by atoms with Crippen LogP contribution < -0.4 is 5.32 Å². The number of hydrogen-bond donors (Lipinski definition) is 1. The van der Waals surface area contributed by atoms with E-state index in [0.717, 1.165) is 19.6 Å². The van der Waals surface area contributed by atoms with Crippen LogP contribution in [0.15, 0.2) is 0 Å². The third-order valence-corrected chi connectivity index (χ3v) is 4.36. The van der Waals surface area contributed by atoms with Gasteiger partial charge in [-0.2, -0.15) is 0 Å². The number of hydrogen-bond acceptors (Lipinski definition) is 4.